The minimum Gasteiger partial charge on any atom is -0.377 e. The van der Waals surface area contributed by atoms with Gasteiger partial charge in [0.15, 0.2) is 0 Å². The normalized spacial score (nSPS) is 27.6. The Morgan fingerprint density at radius 1 is 1.36 bits per heavy atom. The molecule has 3 rings (SSSR count). The average Bonchev–Trinajstić information content (AvgIpc) is 3.03. The van der Waals surface area contributed by atoms with E-state index >= 15 is 0 Å². The summed E-state index contributed by atoms with van der Waals surface area (Å²) >= 11 is 0. The molecule has 3 heterocycles. The quantitative estimate of drug-likeness (QED) is 0.824. The highest BCUT2D eigenvalue weighted by Gasteiger charge is 2.41. The van der Waals surface area contributed by atoms with E-state index in [4.69, 9.17) is 4.74 Å². The topological polar surface area (TPSA) is 67.7 Å². The third kappa shape index (κ3) is 3.71. The predicted molar refractivity (Wildman–Crippen MR) is 92.7 cm³/mol. The Hall–Kier alpha value is -1.89. The lowest BCUT2D eigenvalue weighted by molar-refractivity contribution is -0.149. The molecule has 0 radical (unpaired) electrons. The van der Waals surface area contributed by atoms with Crippen molar-refractivity contribution in [1.29, 1.82) is 0 Å². The molecule has 1 aromatic rings. The van der Waals surface area contributed by atoms with E-state index in [-0.39, 0.29) is 29.9 Å². The maximum Gasteiger partial charge on any atom is 0.228 e. The lowest BCUT2D eigenvalue weighted by atomic mass is 9.84. The largest absolute Gasteiger partial charge is 0.377 e. The second-order valence-corrected chi connectivity index (χ2v) is 7.05. The maximum absolute atomic E-state index is 13.3. The zero-order valence-electron chi connectivity index (χ0n) is 15.4. The summed E-state index contributed by atoms with van der Waals surface area (Å²) in [6, 6.07) is -0.241. The number of hydrogen-bond acceptors (Lipinski definition) is 4. The summed E-state index contributed by atoms with van der Waals surface area (Å²) in [7, 11) is 3.64. The van der Waals surface area contributed by atoms with Crippen LogP contribution in [-0.2, 0) is 21.4 Å². The number of likely N-dealkylation sites (tertiary alicyclic amines) is 2. The van der Waals surface area contributed by atoms with Crippen LogP contribution in [0.1, 0.15) is 44.2 Å². The van der Waals surface area contributed by atoms with Gasteiger partial charge in [0.25, 0.3) is 0 Å². The van der Waals surface area contributed by atoms with Crippen LogP contribution in [-0.4, -0.2) is 64.2 Å². The lowest BCUT2D eigenvalue weighted by Gasteiger charge is -2.41. The third-order valence-electron chi connectivity index (χ3n) is 5.34. The van der Waals surface area contributed by atoms with Crippen LogP contribution in [0.15, 0.2) is 12.4 Å². The first-order valence-corrected chi connectivity index (χ1v) is 9.15. The Kier molecular flexibility index (Phi) is 5.42. The molecule has 2 saturated heterocycles. The summed E-state index contributed by atoms with van der Waals surface area (Å²) in [6.07, 6.45) is 6.78. The Labute approximate surface area is 148 Å². The fourth-order valence-corrected chi connectivity index (χ4v) is 4.09. The molecule has 2 aliphatic heterocycles. The molecule has 2 fully saturated rings. The summed E-state index contributed by atoms with van der Waals surface area (Å²) < 4.78 is 7.45. The van der Waals surface area contributed by atoms with Gasteiger partial charge >= 0.3 is 0 Å². The first-order valence-electron chi connectivity index (χ1n) is 9.15. The van der Waals surface area contributed by atoms with Crippen LogP contribution < -0.4 is 0 Å². The van der Waals surface area contributed by atoms with Crippen molar-refractivity contribution in [1.82, 2.24) is 19.6 Å². The highest BCUT2D eigenvalue weighted by Crippen LogP contribution is 2.37. The van der Waals surface area contributed by atoms with Crippen LogP contribution in [0.4, 0.5) is 0 Å². The Morgan fingerprint density at radius 2 is 2.16 bits per heavy atom. The summed E-state index contributed by atoms with van der Waals surface area (Å²) in [5.41, 5.74) is 0.926. The van der Waals surface area contributed by atoms with Gasteiger partial charge in [-0.1, -0.05) is 0 Å². The fraction of sp³-hybridized carbons (Fsp3) is 0.722. The van der Waals surface area contributed by atoms with Gasteiger partial charge in [-0.2, -0.15) is 5.10 Å². The van der Waals surface area contributed by atoms with Gasteiger partial charge in [-0.05, 0) is 26.2 Å². The molecule has 3 atom stereocenters. The molecule has 3 unspecified atom stereocenters. The van der Waals surface area contributed by atoms with E-state index < -0.39 is 0 Å². The smallest absolute Gasteiger partial charge is 0.228 e. The van der Waals surface area contributed by atoms with Crippen LogP contribution in [0.2, 0.25) is 0 Å². The monoisotopic (exact) mass is 348 g/mol. The molecule has 0 spiro atoms. The Balaban J connectivity index is 1.80. The van der Waals surface area contributed by atoms with Crippen molar-refractivity contribution >= 4 is 11.8 Å². The highest BCUT2D eigenvalue weighted by atomic mass is 16.5. The highest BCUT2D eigenvalue weighted by molar-refractivity contribution is 5.85. The fourth-order valence-electron chi connectivity index (χ4n) is 4.09. The van der Waals surface area contributed by atoms with Gasteiger partial charge in [-0.25, -0.2) is 0 Å². The number of ether oxygens (including phenoxy) is 1. The molecule has 2 amide bonds. The number of piperidine rings is 2. The molecule has 7 nitrogen and oxygen atoms in total. The minimum atomic E-state index is -0.241. The van der Waals surface area contributed by atoms with Gasteiger partial charge in [-0.15, -0.1) is 0 Å². The number of rotatable bonds is 4. The first-order chi connectivity index (χ1) is 12.0. The van der Waals surface area contributed by atoms with E-state index in [2.05, 4.69) is 5.10 Å². The molecule has 1 aromatic heterocycles. The molecule has 138 valence electrons. The van der Waals surface area contributed by atoms with Crippen LogP contribution >= 0.6 is 0 Å². The van der Waals surface area contributed by atoms with Crippen molar-refractivity contribution in [3.05, 3.63) is 18.0 Å². The van der Waals surface area contributed by atoms with E-state index in [1.807, 2.05) is 25.1 Å². The maximum atomic E-state index is 13.3. The van der Waals surface area contributed by atoms with Gasteiger partial charge in [0.1, 0.15) is 0 Å². The predicted octanol–water partition coefficient (Wildman–Crippen LogP) is 1.36. The van der Waals surface area contributed by atoms with Gasteiger partial charge in [0, 0.05) is 52.0 Å². The molecule has 0 aliphatic carbocycles. The summed E-state index contributed by atoms with van der Waals surface area (Å²) in [5, 5.41) is 4.23. The van der Waals surface area contributed by atoms with Crippen molar-refractivity contribution in [2.24, 2.45) is 13.0 Å². The lowest BCUT2D eigenvalue weighted by Crippen LogP contribution is -2.51. The number of aromatic nitrogens is 2. The zero-order valence-corrected chi connectivity index (χ0v) is 15.4. The van der Waals surface area contributed by atoms with Gasteiger partial charge in [-0.3, -0.25) is 14.3 Å². The molecular weight excluding hydrogens is 320 g/mol. The number of carbonyl (C=O) groups excluding carboxylic acids is 2. The minimum absolute atomic E-state index is 0.0868. The molecule has 25 heavy (non-hydrogen) atoms. The molecule has 7 heteroatoms. The van der Waals surface area contributed by atoms with Gasteiger partial charge < -0.3 is 14.5 Å². The van der Waals surface area contributed by atoms with Crippen LogP contribution in [0.5, 0.6) is 0 Å². The van der Waals surface area contributed by atoms with E-state index in [1.165, 1.54) is 0 Å². The molecule has 0 bridgehead atoms. The number of amides is 2. The third-order valence-corrected chi connectivity index (χ3v) is 5.34. The average molecular weight is 348 g/mol. The first kappa shape index (κ1) is 17.9. The summed E-state index contributed by atoms with van der Waals surface area (Å²) in [6.45, 7) is 4.09. The Morgan fingerprint density at radius 3 is 2.84 bits per heavy atom. The van der Waals surface area contributed by atoms with Crippen LogP contribution in [0, 0.1) is 5.92 Å². The molecule has 0 aromatic carbocycles. The van der Waals surface area contributed by atoms with Crippen molar-refractivity contribution in [3.8, 4) is 0 Å². The van der Waals surface area contributed by atoms with E-state index in [0.29, 0.717) is 26.0 Å². The second-order valence-electron chi connectivity index (χ2n) is 7.05. The number of nitrogens with zero attached hydrogens (tertiary/aromatic N) is 4. The van der Waals surface area contributed by atoms with E-state index in [0.717, 1.165) is 24.9 Å². The van der Waals surface area contributed by atoms with Gasteiger partial charge in [0.05, 0.1) is 24.3 Å². The molecular formula is C18H28N4O3. The van der Waals surface area contributed by atoms with Crippen molar-refractivity contribution in [3.63, 3.8) is 0 Å². The summed E-state index contributed by atoms with van der Waals surface area (Å²) in [5.74, 6) is 0.00798. The van der Waals surface area contributed by atoms with Crippen LogP contribution in [0.25, 0.3) is 0 Å². The second kappa shape index (κ2) is 7.56. The molecule has 2 aliphatic rings. The zero-order chi connectivity index (χ0) is 18.0. The molecule has 0 N–H and O–H groups in total. The molecule has 0 saturated carbocycles. The van der Waals surface area contributed by atoms with Crippen molar-refractivity contribution < 1.29 is 14.3 Å². The Bertz CT molecular complexity index is 628. The summed E-state index contributed by atoms with van der Waals surface area (Å²) in [4.78, 5) is 29.1. The van der Waals surface area contributed by atoms with Crippen molar-refractivity contribution in [2.75, 3.05) is 26.7 Å². The van der Waals surface area contributed by atoms with E-state index in [9.17, 15) is 9.59 Å². The SMILES string of the molecule is CCOC1CCCN(C(=O)C2CCC(=O)N(C)C2c2cnn(C)c2)C1. The van der Waals surface area contributed by atoms with Crippen LogP contribution in [0.3, 0.4) is 0 Å². The van der Waals surface area contributed by atoms with E-state index in [1.54, 1.807) is 22.8 Å². The number of hydrogen-bond donors (Lipinski definition) is 0. The van der Waals surface area contributed by atoms with Crippen molar-refractivity contribution in [2.45, 2.75) is 44.8 Å². The standard InChI is InChI=1S/C18H28N4O3/c1-4-25-14-6-5-9-22(12-14)18(24)15-7-8-16(23)21(3)17(15)13-10-19-20(2)11-13/h10-11,14-15,17H,4-9,12H2,1-3H3. The number of carbonyl (C=O) groups is 2. The number of aryl methyl sites for hydroxylation is 1. The van der Waals surface area contributed by atoms with Gasteiger partial charge in [0.2, 0.25) is 11.8 Å².